The van der Waals surface area contributed by atoms with E-state index in [-0.39, 0.29) is 16.8 Å². The molecule has 2 heterocycles. The fourth-order valence-corrected chi connectivity index (χ4v) is 2.87. The summed E-state index contributed by atoms with van der Waals surface area (Å²) in [6, 6.07) is 4.14. The molecule has 2 aromatic rings. The van der Waals surface area contributed by atoms with E-state index in [1.807, 2.05) is 0 Å². The Hall–Kier alpha value is -1.01. The van der Waals surface area contributed by atoms with Crippen LogP contribution in [0.5, 0.6) is 0 Å². The van der Waals surface area contributed by atoms with E-state index in [2.05, 4.69) is 4.98 Å². The Morgan fingerprint density at radius 3 is 2.39 bits per heavy atom. The molecule has 2 aromatic heterocycles. The Bertz CT molecular complexity index is 684. The first-order valence-corrected chi connectivity index (χ1v) is 8.15. The second kappa shape index (κ2) is 4.28. The van der Waals surface area contributed by atoms with E-state index in [1.54, 1.807) is 0 Å². The number of fused-ring (bicyclic) bond motifs is 1. The summed E-state index contributed by atoms with van der Waals surface area (Å²) < 4.78 is 23.2. The minimum absolute atomic E-state index is 0.0734. The molecule has 0 fully saturated rings. The zero-order valence-electron chi connectivity index (χ0n) is 8.91. The van der Waals surface area contributed by atoms with Gasteiger partial charge in [0.25, 0.3) is 0 Å². The zero-order valence-corrected chi connectivity index (χ0v) is 10.7. The van der Waals surface area contributed by atoms with Gasteiger partial charge in [-0.15, -0.1) is 0 Å². The van der Waals surface area contributed by atoms with Crippen LogP contribution in [0, 0.1) is 0 Å². The second-order valence-corrected chi connectivity index (χ2v) is 6.90. The van der Waals surface area contributed by atoms with Crippen LogP contribution in [0.2, 0.25) is 0 Å². The van der Waals surface area contributed by atoms with Gasteiger partial charge in [-0.05, 0) is 12.1 Å². The lowest BCUT2D eigenvalue weighted by Gasteiger charge is -2.05. The van der Waals surface area contributed by atoms with E-state index in [0.717, 1.165) is 4.40 Å². The van der Waals surface area contributed by atoms with Crippen LogP contribution in [0.4, 0.5) is 0 Å². The molecular weight excluding hydrogens is 282 g/mol. The Kier molecular flexibility index (Phi) is 3.19. The third-order valence-corrected chi connectivity index (χ3v) is 3.88. The number of nitrogens with zero attached hydrogens (tertiary/aromatic N) is 2. The molecule has 0 saturated carbocycles. The Morgan fingerprint density at radius 2 is 1.83 bits per heavy atom. The summed E-state index contributed by atoms with van der Waals surface area (Å²) >= 11 is 0. The molecular formula is C8H10N2O6P2. The highest BCUT2D eigenvalue weighted by Gasteiger charge is 2.23. The Labute approximate surface area is 101 Å². The SMILES string of the molecule is O=P(O)(O)Cc1cn2c(P(=O)(O)O)cccc2n1. The third-order valence-electron chi connectivity index (χ3n) is 2.19. The quantitative estimate of drug-likeness (QED) is 0.576. The first-order valence-electron chi connectivity index (χ1n) is 4.74. The normalized spacial score (nSPS) is 13.1. The molecule has 2 rings (SSSR count). The van der Waals surface area contributed by atoms with E-state index >= 15 is 0 Å². The summed E-state index contributed by atoms with van der Waals surface area (Å²) in [6.07, 6.45) is 0.637. The van der Waals surface area contributed by atoms with Gasteiger partial charge in [0.1, 0.15) is 11.1 Å². The number of hydrogen-bond donors (Lipinski definition) is 4. The molecule has 0 aliphatic heterocycles. The van der Waals surface area contributed by atoms with Crippen LogP contribution in [-0.4, -0.2) is 29.0 Å². The maximum atomic E-state index is 11.2. The number of imidazole rings is 1. The molecule has 0 atom stereocenters. The van der Waals surface area contributed by atoms with E-state index in [1.165, 1.54) is 24.4 Å². The number of rotatable bonds is 3. The summed E-state index contributed by atoms with van der Waals surface area (Å²) in [5.41, 5.74) is 0.0213. The van der Waals surface area contributed by atoms with Crippen LogP contribution >= 0.6 is 15.2 Å². The number of aromatic nitrogens is 2. The van der Waals surface area contributed by atoms with Crippen molar-refractivity contribution in [1.82, 2.24) is 9.38 Å². The average Bonchev–Trinajstić information content (AvgIpc) is 2.53. The van der Waals surface area contributed by atoms with Crippen molar-refractivity contribution in [3.8, 4) is 0 Å². The summed E-state index contributed by atoms with van der Waals surface area (Å²) in [7, 11) is -8.74. The highest BCUT2D eigenvalue weighted by atomic mass is 31.2. The third kappa shape index (κ3) is 2.87. The van der Waals surface area contributed by atoms with Gasteiger partial charge in [-0.1, -0.05) is 6.07 Å². The van der Waals surface area contributed by atoms with Crippen molar-refractivity contribution in [2.24, 2.45) is 0 Å². The van der Waals surface area contributed by atoms with Crippen molar-refractivity contribution in [3.63, 3.8) is 0 Å². The lowest BCUT2D eigenvalue weighted by atomic mass is 10.5. The van der Waals surface area contributed by atoms with E-state index in [9.17, 15) is 9.13 Å². The second-order valence-electron chi connectivity index (χ2n) is 3.71. The van der Waals surface area contributed by atoms with Crippen molar-refractivity contribution < 1.29 is 28.7 Å². The molecule has 0 aromatic carbocycles. The van der Waals surface area contributed by atoms with Gasteiger partial charge < -0.3 is 19.6 Å². The fourth-order valence-electron chi connectivity index (χ4n) is 1.57. The molecule has 0 unspecified atom stereocenters. The van der Waals surface area contributed by atoms with Gasteiger partial charge in [-0.2, -0.15) is 0 Å². The predicted octanol–water partition coefficient (Wildman–Crippen LogP) is -0.185. The molecule has 0 bridgehead atoms. The van der Waals surface area contributed by atoms with E-state index in [4.69, 9.17) is 19.6 Å². The van der Waals surface area contributed by atoms with Crippen LogP contribution in [-0.2, 0) is 15.3 Å². The molecule has 0 aliphatic carbocycles. The van der Waals surface area contributed by atoms with Crippen molar-refractivity contribution in [2.75, 3.05) is 0 Å². The highest BCUT2D eigenvalue weighted by molar-refractivity contribution is 7.60. The van der Waals surface area contributed by atoms with Crippen LogP contribution < -0.4 is 5.44 Å². The maximum Gasteiger partial charge on any atom is 0.372 e. The molecule has 0 saturated heterocycles. The van der Waals surface area contributed by atoms with Crippen molar-refractivity contribution in [3.05, 3.63) is 30.1 Å². The first-order chi connectivity index (χ1) is 8.17. The summed E-state index contributed by atoms with van der Waals surface area (Å²) in [6.45, 7) is 0. The zero-order chi connectivity index (χ0) is 13.6. The van der Waals surface area contributed by atoms with Gasteiger partial charge in [0.15, 0.2) is 0 Å². The van der Waals surface area contributed by atoms with Crippen LogP contribution in [0.25, 0.3) is 5.65 Å². The van der Waals surface area contributed by atoms with Crippen molar-refractivity contribution >= 4 is 26.3 Å². The van der Waals surface area contributed by atoms with Gasteiger partial charge in [-0.3, -0.25) is 13.5 Å². The van der Waals surface area contributed by atoms with Crippen molar-refractivity contribution in [1.29, 1.82) is 0 Å². The molecule has 8 nitrogen and oxygen atoms in total. The van der Waals surface area contributed by atoms with Crippen LogP contribution in [0.1, 0.15) is 5.69 Å². The lowest BCUT2D eigenvalue weighted by Crippen LogP contribution is -2.13. The predicted molar refractivity (Wildman–Crippen MR) is 62.6 cm³/mol. The summed E-state index contributed by atoms with van der Waals surface area (Å²) in [5.74, 6) is 0. The minimum Gasteiger partial charge on any atom is -0.324 e. The molecule has 0 amide bonds. The molecule has 0 radical (unpaired) electrons. The first kappa shape index (κ1) is 13.4. The van der Waals surface area contributed by atoms with Gasteiger partial charge in [-0.25, -0.2) is 4.98 Å². The van der Waals surface area contributed by atoms with Crippen molar-refractivity contribution in [2.45, 2.75) is 6.16 Å². The highest BCUT2D eigenvalue weighted by Crippen LogP contribution is 2.39. The maximum absolute atomic E-state index is 11.2. The molecule has 10 heteroatoms. The molecule has 98 valence electrons. The minimum atomic E-state index is -4.47. The largest absolute Gasteiger partial charge is 0.372 e. The smallest absolute Gasteiger partial charge is 0.324 e. The van der Waals surface area contributed by atoms with Gasteiger partial charge in [0.05, 0.1) is 11.9 Å². The standard InChI is InChI=1S/C8H10N2O6P2/c11-17(12,13)5-6-4-10-7(9-6)2-1-3-8(10)18(14,15)16/h1-4H,5H2,(H2,11,12,13)(H2,14,15,16). The summed E-state index contributed by atoms with van der Waals surface area (Å²) in [4.78, 5) is 39.8. The Balaban J connectivity index is 2.59. The van der Waals surface area contributed by atoms with Gasteiger partial charge in [0.2, 0.25) is 0 Å². The van der Waals surface area contributed by atoms with E-state index < -0.39 is 21.4 Å². The van der Waals surface area contributed by atoms with Crippen LogP contribution in [0.3, 0.4) is 0 Å². The van der Waals surface area contributed by atoms with Gasteiger partial charge >= 0.3 is 15.2 Å². The summed E-state index contributed by atoms with van der Waals surface area (Å²) in [5, 5.41) is 0. The topological polar surface area (TPSA) is 132 Å². The molecule has 0 aliphatic rings. The lowest BCUT2D eigenvalue weighted by molar-refractivity contribution is 0.371. The number of pyridine rings is 1. The fraction of sp³-hybridized carbons (Fsp3) is 0.125. The number of hydrogen-bond acceptors (Lipinski definition) is 3. The van der Waals surface area contributed by atoms with Crippen LogP contribution in [0.15, 0.2) is 24.4 Å². The molecule has 18 heavy (non-hydrogen) atoms. The van der Waals surface area contributed by atoms with Gasteiger partial charge in [0, 0.05) is 6.20 Å². The Morgan fingerprint density at radius 1 is 1.17 bits per heavy atom. The molecule has 4 N–H and O–H groups in total. The monoisotopic (exact) mass is 292 g/mol. The molecule has 0 spiro atoms. The van der Waals surface area contributed by atoms with E-state index in [0.29, 0.717) is 0 Å². The average molecular weight is 292 g/mol.